The third kappa shape index (κ3) is 2.96. The van der Waals surface area contributed by atoms with Crippen LogP contribution in [0.1, 0.15) is 25.6 Å². The molecule has 0 unspecified atom stereocenters. The first-order valence-corrected chi connectivity index (χ1v) is 4.90. The molecule has 0 saturated carbocycles. The van der Waals surface area contributed by atoms with Crippen molar-refractivity contribution in [1.29, 1.82) is 0 Å². The highest BCUT2D eigenvalue weighted by Crippen LogP contribution is 2.01. The summed E-state index contributed by atoms with van der Waals surface area (Å²) in [7, 11) is 0. The fourth-order valence-corrected chi connectivity index (χ4v) is 1.35. The van der Waals surface area contributed by atoms with Crippen LogP contribution in [0, 0.1) is 0 Å². The van der Waals surface area contributed by atoms with Crippen molar-refractivity contribution in [2.75, 3.05) is 6.61 Å². The Morgan fingerprint density at radius 3 is 3.00 bits per heavy atom. The Morgan fingerprint density at radius 1 is 1.57 bits per heavy atom. The Hall–Kier alpha value is -1.16. The van der Waals surface area contributed by atoms with E-state index in [1.807, 2.05) is 17.7 Å². The Bertz CT molecular complexity index is 294. The van der Waals surface area contributed by atoms with Gasteiger partial charge in [-0.15, -0.1) is 0 Å². The molecular formula is C10H16N2O2. The smallest absolute Gasteiger partial charge is 0.136 e. The molecule has 0 saturated heterocycles. The monoisotopic (exact) mass is 196 g/mol. The largest absolute Gasteiger partial charge is 0.396 e. The van der Waals surface area contributed by atoms with Gasteiger partial charge in [0.25, 0.3) is 0 Å². The van der Waals surface area contributed by atoms with Gasteiger partial charge in [-0.2, -0.15) is 0 Å². The molecule has 1 rings (SSSR count). The van der Waals surface area contributed by atoms with E-state index in [0.29, 0.717) is 13.0 Å². The minimum Gasteiger partial charge on any atom is -0.396 e. The van der Waals surface area contributed by atoms with Crippen LogP contribution in [0.15, 0.2) is 12.4 Å². The molecule has 0 bridgehead atoms. The number of ketones is 1. The molecule has 0 atom stereocenters. The third-order valence-electron chi connectivity index (χ3n) is 2.14. The molecule has 0 radical (unpaired) electrons. The van der Waals surface area contributed by atoms with Gasteiger partial charge < -0.3 is 9.67 Å². The molecule has 1 N–H and O–H groups in total. The van der Waals surface area contributed by atoms with E-state index in [-0.39, 0.29) is 18.8 Å². The van der Waals surface area contributed by atoms with Crippen molar-refractivity contribution in [2.24, 2.45) is 0 Å². The molecular weight excluding hydrogens is 180 g/mol. The molecule has 14 heavy (non-hydrogen) atoms. The number of aliphatic hydroxyl groups excluding tert-OH is 1. The van der Waals surface area contributed by atoms with E-state index >= 15 is 0 Å². The predicted molar refractivity (Wildman–Crippen MR) is 52.9 cm³/mol. The summed E-state index contributed by atoms with van der Waals surface area (Å²) in [6.45, 7) is 2.65. The number of Topliss-reactive ketones (excluding diaryl/α,β-unsaturated/α-hetero) is 1. The summed E-state index contributed by atoms with van der Waals surface area (Å²) in [4.78, 5) is 15.3. The first kappa shape index (κ1) is 10.9. The van der Waals surface area contributed by atoms with Gasteiger partial charge in [-0.3, -0.25) is 4.79 Å². The molecule has 0 aliphatic rings. The lowest BCUT2D eigenvalue weighted by molar-refractivity contribution is -0.119. The highest BCUT2D eigenvalue weighted by Gasteiger charge is 2.03. The van der Waals surface area contributed by atoms with Gasteiger partial charge in [0, 0.05) is 44.8 Å². The van der Waals surface area contributed by atoms with Gasteiger partial charge in [-0.05, 0) is 0 Å². The van der Waals surface area contributed by atoms with E-state index in [1.54, 1.807) is 6.20 Å². The maximum absolute atomic E-state index is 11.1. The summed E-state index contributed by atoms with van der Waals surface area (Å²) < 4.78 is 1.98. The maximum Gasteiger partial charge on any atom is 0.136 e. The van der Waals surface area contributed by atoms with Gasteiger partial charge in [0.15, 0.2) is 0 Å². The van der Waals surface area contributed by atoms with Crippen LogP contribution >= 0.6 is 0 Å². The fraction of sp³-hybridized carbons (Fsp3) is 0.600. The maximum atomic E-state index is 11.1. The fourth-order valence-electron chi connectivity index (χ4n) is 1.35. The van der Waals surface area contributed by atoms with E-state index < -0.39 is 0 Å². The first-order valence-electron chi connectivity index (χ1n) is 4.90. The summed E-state index contributed by atoms with van der Waals surface area (Å²) >= 11 is 0. The van der Waals surface area contributed by atoms with Crippen molar-refractivity contribution < 1.29 is 9.90 Å². The number of carbonyl (C=O) groups is 1. The van der Waals surface area contributed by atoms with Crippen LogP contribution in [0.5, 0.6) is 0 Å². The summed E-state index contributed by atoms with van der Waals surface area (Å²) in [5, 5.41) is 8.55. The average Bonchev–Trinajstić information content (AvgIpc) is 2.62. The molecule has 0 fully saturated rings. The zero-order valence-corrected chi connectivity index (χ0v) is 8.44. The number of hydrogen-bond acceptors (Lipinski definition) is 3. The minimum atomic E-state index is -0.0522. The van der Waals surface area contributed by atoms with Crippen LogP contribution < -0.4 is 0 Å². The number of aromatic nitrogens is 2. The second-order valence-corrected chi connectivity index (χ2v) is 3.15. The lowest BCUT2D eigenvalue weighted by Gasteiger charge is -2.04. The van der Waals surface area contributed by atoms with E-state index in [4.69, 9.17) is 5.11 Å². The van der Waals surface area contributed by atoms with Crippen molar-refractivity contribution in [3.05, 3.63) is 18.2 Å². The van der Waals surface area contributed by atoms with E-state index in [9.17, 15) is 4.79 Å². The first-order chi connectivity index (χ1) is 6.77. The highest BCUT2D eigenvalue weighted by molar-refractivity contribution is 5.78. The number of aliphatic hydroxyl groups is 1. The van der Waals surface area contributed by atoms with E-state index in [1.165, 1.54) is 0 Å². The van der Waals surface area contributed by atoms with Crippen LogP contribution in [-0.2, 0) is 17.8 Å². The quantitative estimate of drug-likeness (QED) is 0.731. The molecule has 1 heterocycles. The number of aryl methyl sites for hydroxylation is 2. The molecule has 1 aromatic rings. The number of imidazole rings is 1. The van der Waals surface area contributed by atoms with Crippen molar-refractivity contribution in [2.45, 2.75) is 32.7 Å². The molecule has 0 amide bonds. The van der Waals surface area contributed by atoms with Crippen LogP contribution in [-0.4, -0.2) is 27.0 Å². The molecule has 0 aromatic carbocycles. The lowest BCUT2D eigenvalue weighted by atomic mass is 10.2. The second-order valence-electron chi connectivity index (χ2n) is 3.15. The van der Waals surface area contributed by atoms with Gasteiger partial charge in [0.1, 0.15) is 11.6 Å². The Morgan fingerprint density at radius 2 is 2.36 bits per heavy atom. The van der Waals surface area contributed by atoms with Gasteiger partial charge in [0.2, 0.25) is 0 Å². The van der Waals surface area contributed by atoms with Crippen LogP contribution in [0.4, 0.5) is 0 Å². The Labute approximate surface area is 83.6 Å². The number of nitrogens with zero attached hydrogens (tertiary/aromatic N) is 2. The lowest BCUT2D eigenvalue weighted by Crippen LogP contribution is -2.08. The zero-order valence-electron chi connectivity index (χ0n) is 8.44. The van der Waals surface area contributed by atoms with Gasteiger partial charge >= 0.3 is 0 Å². The molecule has 78 valence electrons. The number of hydrogen-bond donors (Lipinski definition) is 1. The van der Waals surface area contributed by atoms with E-state index in [0.717, 1.165) is 12.2 Å². The van der Waals surface area contributed by atoms with Gasteiger partial charge in [-0.1, -0.05) is 6.92 Å². The normalized spacial score (nSPS) is 10.4. The number of carbonyl (C=O) groups excluding carboxylic acids is 1. The third-order valence-corrected chi connectivity index (χ3v) is 2.14. The minimum absolute atomic E-state index is 0.0522. The number of rotatable bonds is 6. The van der Waals surface area contributed by atoms with Crippen LogP contribution in [0.25, 0.3) is 0 Å². The second kappa shape index (κ2) is 5.54. The van der Waals surface area contributed by atoms with Crippen molar-refractivity contribution in [3.63, 3.8) is 0 Å². The summed E-state index contributed by atoms with van der Waals surface area (Å²) in [5.41, 5.74) is 0. The van der Waals surface area contributed by atoms with Crippen LogP contribution in [0.2, 0.25) is 0 Å². The van der Waals surface area contributed by atoms with Crippen molar-refractivity contribution in [1.82, 2.24) is 9.55 Å². The van der Waals surface area contributed by atoms with Gasteiger partial charge in [-0.25, -0.2) is 4.98 Å². The Kier molecular flexibility index (Phi) is 4.32. The molecule has 4 nitrogen and oxygen atoms in total. The molecule has 1 aromatic heterocycles. The molecule has 0 aliphatic heterocycles. The summed E-state index contributed by atoms with van der Waals surface area (Å²) in [6.07, 6.45) is 5.24. The van der Waals surface area contributed by atoms with Gasteiger partial charge in [0.05, 0.1) is 0 Å². The molecule has 0 spiro atoms. The standard InChI is InChI=1S/C10H16N2O2/c1-2-10-11-5-7-12(10)6-3-9(14)4-8-13/h5,7,13H,2-4,6,8H2,1H3. The summed E-state index contributed by atoms with van der Waals surface area (Å²) in [6, 6.07) is 0. The SMILES string of the molecule is CCc1nccn1CCC(=O)CCO. The van der Waals surface area contributed by atoms with E-state index in [2.05, 4.69) is 4.98 Å². The summed E-state index contributed by atoms with van der Waals surface area (Å²) in [5.74, 6) is 1.10. The zero-order chi connectivity index (χ0) is 10.4. The highest BCUT2D eigenvalue weighted by atomic mass is 16.3. The van der Waals surface area contributed by atoms with Crippen molar-refractivity contribution in [3.8, 4) is 0 Å². The molecule has 0 aliphatic carbocycles. The Balaban J connectivity index is 2.41. The average molecular weight is 196 g/mol. The van der Waals surface area contributed by atoms with Crippen LogP contribution in [0.3, 0.4) is 0 Å². The topological polar surface area (TPSA) is 55.1 Å². The predicted octanol–water partition coefficient (Wildman–Crippen LogP) is 0.787. The van der Waals surface area contributed by atoms with Crippen molar-refractivity contribution >= 4 is 5.78 Å². The molecule has 4 heteroatoms.